The SMILES string of the molecule is CCC(=O)N(CCCc1ccccc1)C1CCc2c(N)cccc2C1. The van der Waals surface area contributed by atoms with E-state index in [1.54, 1.807) is 0 Å². The molecule has 1 aliphatic carbocycles. The van der Waals surface area contributed by atoms with Crippen molar-refractivity contribution in [3.8, 4) is 0 Å². The summed E-state index contributed by atoms with van der Waals surface area (Å²) in [5, 5.41) is 0. The highest BCUT2D eigenvalue weighted by atomic mass is 16.2. The Labute approximate surface area is 150 Å². The van der Waals surface area contributed by atoms with Gasteiger partial charge >= 0.3 is 0 Å². The van der Waals surface area contributed by atoms with Crippen LogP contribution in [0.1, 0.15) is 42.9 Å². The predicted molar refractivity (Wildman–Crippen MR) is 103 cm³/mol. The molecule has 3 nitrogen and oxygen atoms in total. The van der Waals surface area contributed by atoms with Gasteiger partial charge in [-0.2, -0.15) is 0 Å². The number of hydrogen-bond acceptors (Lipinski definition) is 2. The molecule has 0 bridgehead atoms. The highest BCUT2D eigenvalue weighted by Gasteiger charge is 2.27. The Morgan fingerprint density at radius 3 is 2.72 bits per heavy atom. The van der Waals surface area contributed by atoms with Gasteiger partial charge in [-0.25, -0.2) is 0 Å². The molecule has 0 saturated heterocycles. The quantitative estimate of drug-likeness (QED) is 0.811. The van der Waals surface area contributed by atoms with E-state index >= 15 is 0 Å². The normalized spacial score (nSPS) is 16.3. The van der Waals surface area contributed by atoms with Crippen LogP contribution in [0.4, 0.5) is 5.69 Å². The lowest BCUT2D eigenvalue weighted by Gasteiger charge is -2.35. The number of fused-ring (bicyclic) bond motifs is 1. The minimum absolute atomic E-state index is 0.269. The molecular formula is C22H28N2O. The second-order valence-corrected chi connectivity index (χ2v) is 6.91. The van der Waals surface area contributed by atoms with Crippen LogP contribution in [-0.4, -0.2) is 23.4 Å². The van der Waals surface area contributed by atoms with E-state index in [9.17, 15) is 4.79 Å². The van der Waals surface area contributed by atoms with Crippen LogP contribution in [0, 0.1) is 0 Å². The zero-order valence-electron chi connectivity index (χ0n) is 15.1. The molecule has 0 heterocycles. The van der Waals surface area contributed by atoms with E-state index in [0.29, 0.717) is 12.5 Å². The van der Waals surface area contributed by atoms with Crippen LogP contribution in [0.2, 0.25) is 0 Å². The van der Waals surface area contributed by atoms with E-state index in [1.165, 1.54) is 16.7 Å². The number of nitrogen functional groups attached to an aromatic ring is 1. The first-order valence-corrected chi connectivity index (χ1v) is 9.38. The van der Waals surface area contributed by atoms with E-state index < -0.39 is 0 Å². The lowest BCUT2D eigenvalue weighted by molar-refractivity contribution is -0.133. The lowest BCUT2D eigenvalue weighted by atomic mass is 9.86. The van der Waals surface area contributed by atoms with Gasteiger partial charge in [-0.3, -0.25) is 4.79 Å². The van der Waals surface area contributed by atoms with Crippen molar-refractivity contribution in [3.63, 3.8) is 0 Å². The first kappa shape index (κ1) is 17.5. The summed E-state index contributed by atoms with van der Waals surface area (Å²) >= 11 is 0. The molecule has 132 valence electrons. The number of carbonyl (C=O) groups excluding carboxylic acids is 1. The maximum atomic E-state index is 12.5. The van der Waals surface area contributed by atoms with Crippen molar-refractivity contribution in [2.24, 2.45) is 0 Å². The van der Waals surface area contributed by atoms with Crippen LogP contribution in [0.3, 0.4) is 0 Å². The third-order valence-electron chi connectivity index (χ3n) is 5.26. The van der Waals surface area contributed by atoms with Crippen LogP contribution >= 0.6 is 0 Å². The van der Waals surface area contributed by atoms with Gasteiger partial charge in [0.1, 0.15) is 0 Å². The third-order valence-corrected chi connectivity index (χ3v) is 5.26. The van der Waals surface area contributed by atoms with E-state index in [0.717, 1.165) is 44.3 Å². The highest BCUT2D eigenvalue weighted by molar-refractivity contribution is 5.76. The van der Waals surface area contributed by atoms with Gasteiger partial charge in [0.15, 0.2) is 0 Å². The molecule has 0 spiro atoms. The van der Waals surface area contributed by atoms with E-state index in [2.05, 4.69) is 35.2 Å². The van der Waals surface area contributed by atoms with Crippen LogP contribution in [0.15, 0.2) is 48.5 Å². The zero-order valence-corrected chi connectivity index (χ0v) is 15.1. The van der Waals surface area contributed by atoms with Crippen LogP contribution in [-0.2, 0) is 24.1 Å². The molecule has 0 fully saturated rings. The molecule has 3 rings (SSSR count). The van der Waals surface area contributed by atoms with Crippen molar-refractivity contribution >= 4 is 11.6 Å². The summed E-state index contributed by atoms with van der Waals surface area (Å²) in [5.74, 6) is 0.269. The van der Waals surface area contributed by atoms with Gasteiger partial charge in [0.05, 0.1) is 0 Å². The molecule has 0 aromatic heterocycles. The van der Waals surface area contributed by atoms with E-state index in [4.69, 9.17) is 5.73 Å². The van der Waals surface area contributed by atoms with Gasteiger partial charge in [0, 0.05) is 24.7 Å². The maximum absolute atomic E-state index is 12.5. The second kappa shape index (κ2) is 8.19. The summed E-state index contributed by atoms with van der Waals surface area (Å²) in [4.78, 5) is 14.7. The number of nitrogens with zero attached hydrogens (tertiary/aromatic N) is 1. The molecule has 1 aliphatic rings. The van der Waals surface area contributed by atoms with Crippen molar-refractivity contribution in [2.75, 3.05) is 12.3 Å². The molecule has 2 N–H and O–H groups in total. The average molecular weight is 336 g/mol. The Morgan fingerprint density at radius 2 is 1.96 bits per heavy atom. The fourth-order valence-corrected chi connectivity index (χ4v) is 3.90. The van der Waals surface area contributed by atoms with Crippen LogP contribution in [0.5, 0.6) is 0 Å². The minimum Gasteiger partial charge on any atom is -0.398 e. The Kier molecular flexibility index (Phi) is 5.75. The molecule has 0 aliphatic heterocycles. The first-order chi connectivity index (χ1) is 12.2. The van der Waals surface area contributed by atoms with Crippen molar-refractivity contribution in [1.29, 1.82) is 0 Å². The number of anilines is 1. The summed E-state index contributed by atoms with van der Waals surface area (Å²) in [6.07, 6.45) is 5.51. The topological polar surface area (TPSA) is 46.3 Å². The molecular weight excluding hydrogens is 308 g/mol. The van der Waals surface area contributed by atoms with Crippen LogP contribution in [0.25, 0.3) is 0 Å². The van der Waals surface area contributed by atoms with E-state index in [1.807, 2.05) is 25.1 Å². The molecule has 0 radical (unpaired) electrons. The van der Waals surface area contributed by atoms with Crippen molar-refractivity contribution in [1.82, 2.24) is 4.90 Å². The summed E-state index contributed by atoms with van der Waals surface area (Å²) in [6.45, 7) is 2.80. The summed E-state index contributed by atoms with van der Waals surface area (Å²) < 4.78 is 0. The lowest BCUT2D eigenvalue weighted by Crippen LogP contribution is -2.44. The Bertz CT molecular complexity index is 711. The standard InChI is InChI=1S/C22H28N2O/c1-2-22(25)24(15-7-10-17-8-4-3-5-9-17)19-13-14-20-18(16-19)11-6-12-21(20)23/h3-6,8-9,11-12,19H,2,7,10,13-16,23H2,1H3. The highest BCUT2D eigenvalue weighted by Crippen LogP contribution is 2.29. The largest absolute Gasteiger partial charge is 0.398 e. The van der Waals surface area contributed by atoms with Gasteiger partial charge < -0.3 is 10.6 Å². The smallest absolute Gasteiger partial charge is 0.222 e. The van der Waals surface area contributed by atoms with Crippen molar-refractivity contribution in [2.45, 2.75) is 51.5 Å². The van der Waals surface area contributed by atoms with Crippen molar-refractivity contribution in [3.05, 3.63) is 65.2 Å². The number of carbonyl (C=O) groups is 1. The average Bonchev–Trinajstić information content (AvgIpc) is 2.65. The number of aryl methyl sites for hydroxylation is 1. The molecule has 2 aromatic rings. The summed E-state index contributed by atoms with van der Waals surface area (Å²) in [7, 11) is 0. The van der Waals surface area contributed by atoms with E-state index in [-0.39, 0.29) is 5.91 Å². The fraction of sp³-hybridized carbons (Fsp3) is 0.409. The molecule has 2 aromatic carbocycles. The Balaban J connectivity index is 1.66. The molecule has 0 saturated carbocycles. The number of hydrogen-bond donors (Lipinski definition) is 1. The first-order valence-electron chi connectivity index (χ1n) is 9.38. The monoisotopic (exact) mass is 336 g/mol. The molecule has 1 unspecified atom stereocenters. The summed E-state index contributed by atoms with van der Waals surface area (Å²) in [5.41, 5.74) is 10.9. The number of nitrogens with two attached hydrogens (primary N) is 1. The second-order valence-electron chi connectivity index (χ2n) is 6.91. The van der Waals surface area contributed by atoms with Gasteiger partial charge in [-0.1, -0.05) is 49.4 Å². The fourth-order valence-electron chi connectivity index (χ4n) is 3.90. The van der Waals surface area contributed by atoms with Crippen molar-refractivity contribution < 1.29 is 4.79 Å². The van der Waals surface area contributed by atoms with Gasteiger partial charge in [-0.05, 0) is 54.9 Å². The van der Waals surface area contributed by atoms with Crippen LogP contribution < -0.4 is 5.73 Å². The Morgan fingerprint density at radius 1 is 1.16 bits per heavy atom. The summed E-state index contributed by atoms with van der Waals surface area (Å²) in [6, 6.07) is 17.0. The molecule has 25 heavy (non-hydrogen) atoms. The van der Waals surface area contributed by atoms with Gasteiger partial charge in [-0.15, -0.1) is 0 Å². The maximum Gasteiger partial charge on any atom is 0.222 e. The Hall–Kier alpha value is -2.29. The zero-order chi connectivity index (χ0) is 17.6. The minimum atomic E-state index is 0.269. The predicted octanol–water partition coefficient (Wildman–Crippen LogP) is 4.00. The number of amides is 1. The van der Waals surface area contributed by atoms with Gasteiger partial charge in [0.25, 0.3) is 0 Å². The van der Waals surface area contributed by atoms with Gasteiger partial charge in [0.2, 0.25) is 5.91 Å². The number of rotatable bonds is 6. The molecule has 1 amide bonds. The third kappa shape index (κ3) is 4.22. The number of benzene rings is 2. The molecule has 1 atom stereocenters. The molecule has 3 heteroatoms.